The first-order valence-corrected chi connectivity index (χ1v) is 7.08. The van der Waals surface area contributed by atoms with Crippen LogP contribution in [-0.4, -0.2) is 15.9 Å². The minimum absolute atomic E-state index is 0.0215. The van der Waals surface area contributed by atoms with Crippen molar-refractivity contribution in [3.05, 3.63) is 58.6 Å². The monoisotopic (exact) mass is 347 g/mol. The molecule has 0 fully saturated rings. The number of H-pyrrole nitrogens is 1. The van der Waals surface area contributed by atoms with Gasteiger partial charge in [0.1, 0.15) is 5.82 Å². The molecule has 0 atom stereocenters. The van der Waals surface area contributed by atoms with Gasteiger partial charge in [-0.2, -0.15) is 0 Å². The van der Waals surface area contributed by atoms with Crippen LogP contribution in [0.3, 0.4) is 0 Å². The number of hydrogen-bond donors (Lipinski definition) is 2. The van der Waals surface area contributed by atoms with E-state index in [1.54, 1.807) is 36.7 Å². The topological polar surface area (TPSA) is 57.8 Å². The van der Waals surface area contributed by atoms with Crippen LogP contribution in [0.15, 0.2) is 47.2 Å². The predicted octanol–water partition coefficient (Wildman–Crippen LogP) is 3.65. The minimum atomic E-state index is -0.391. The van der Waals surface area contributed by atoms with Crippen molar-refractivity contribution in [2.24, 2.45) is 0 Å². The van der Waals surface area contributed by atoms with E-state index in [4.69, 9.17) is 0 Å². The van der Waals surface area contributed by atoms with E-state index in [2.05, 4.69) is 31.2 Å². The summed E-state index contributed by atoms with van der Waals surface area (Å²) >= 11 is 3.27. The van der Waals surface area contributed by atoms with Gasteiger partial charge < -0.3 is 10.3 Å². The molecule has 2 aromatic carbocycles. The van der Waals surface area contributed by atoms with Crippen molar-refractivity contribution >= 4 is 38.6 Å². The third-order valence-corrected chi connectivity index (χ3v) is 3.56. The van der Waals surface area contributed by atoms with Gasteiger partial charge in [-0.3, -0.25) is 4.79 Å². The lowest BCUT2D eigenvalue weighted by molar-refractivity contribution is -0.115. The molecule has 3 aromatic rings. The maximum atomic E-state index is 13.6. The number of benzene rings is 2. The molecule has 0 aliphatic rings. The summed E-state index contributed by atoms with van der Waals surface area (Å²) in [6, 6.07) is 9.90. The third-order valence-electron chi connectivity index (χ3n) is 3.06. The Morgan fingerprint density at radius 3 is 3.00 bits per heavy atom. The molecule has 21 heavy (non-hydrogen) atoms. The van der Waals surface area contributed by atoms with Gasteiger partial charge in [0.05, 0.1) is 23.8 Å². The van der Waals surface area contributed by atoms with E-state index in [-0.39, 0.29) is 12.3 Å². The van der Waals surface area contributed by atoms with Gasteiger partial charge in [0.2, 0.25) is 5.91 Å². The first kappa shape index (κ1) is 13.8. The highest BCUT2D eigenvalue weighted by atomic mass is 79.9. The second-order valence-corrected chi connectivity index (χ2v) is 5.51. The van der Waals surface area contributed by atoms with E-state index in [1.807, 2.05) is 0 Å². The number of nitrogens with zero attached hydrogens (tertiary/aromatic N) is 1. The Morgan fingerprint density at radius 1 is 1.29 bits per heavy atom. The molecule has 4 nitrogen and oxygen atoms in total. The molecule has 1 amide bonds. The van der Waals surface area contributed by atoms with Gasteiger partial charge in [-0.05, 0) is 42.0 Å². The SMILES string of the molecule is O=C(Cc1cc(Br)ccc1F)Nc1ccc2nc[nH]c2c1. The molecule has 106 valence electrons. The van der Waals surface area contributed by atoms with Gasteiger partial charge in [-0.1, -0.05) is 15.9 Å². The van der Waals surface area contributed by atoms with Crippen LogP contribution < -0.4 is 5.32 Å². The molecule has 0 saturated heterocycles. The zero-order valence-corrected chi connectivity index (χ0v) is 12.4. The van der Waals surface area contributed by atoms with E-state index < -0.39 is 5.82 Å². The van der Waals surface area contributed by atoms with Crippen LogP contribution in [0.4, 0.5) is 10.1 Å². The van der Waals surface area contributed by atoms with E-state index in [0.29, 0.717) is 11.3 Å². The molecule has 3 rings (SSSR count). The largest absolute Gasteiger partial charge is 0.345 e. The van der Waals surface area contributed by atoms with E-state index in [9.17, 15) is 9.18 Å². The average molecular weight is 348 g/mol. The number of aromatic nitrogens is 2. The molecule has 0 unspecified atom stereocenters. The van der Waals surface area contributed by atoms with Gasteiger partial charge in [-0.25, -0.2) is 9.37 Å². The lowest BCUT2D eigenvalue weighted by atomic mass is 10.1. The highest BCUT2D eigenvalue weighted by molar-refractivity contribution is 9.10. The molecule has 0 aliphatic carbocycles. The maximum Gasteiger partial charge on any atom is 0.228 e. The number of anilines is 1. The summed E-state index contributed by atoms with van der Waals surface area (Å²) in [5.74, 6) is -0.664. The number of halogens is 2. The van der Waals surface area contributed by atoms with Crippen LogP contribution in [0.1, 0.15) is 5.56 Å². The van der Waals surface area contributed by atoms with Crippen molar-refractivity contribution in [3.8, 4) is 0 Å². The van der Waals surface area contributed by atoms with E-state index >= 15 is 0 Å². The fourth-order valence-electron chi connectivity index (χ4n) is 2.07. The lowest BCUT2D eigenvalue weighted by Crippen LogP contribution is -2.15. The molecule has 0 saturated carbocycles. The summed E-state index contributed by atoms with van der Waals surface area (Å²) in [5, 5.41) is 2.75. The summed E-state index contributed by atoms with van der Waals surface area (Å²) in [5.41, 5.74) is 2.66. The standard InChI is InChI=1S/C15H11BrFN3O/c16-10-1-3-12(17)9(5-10)6-15(21)20-11-2-4-13-14(7-11)19-8-18-13/h1-5,7-8H,6H2,(H,18,19)(H,20,21). The second kappa shape index (κ2) is 5.65. The van der Waals surface area contributed by atoms with Crippen molar-refractivity contribution in [1.82, 2.24) is 9.97 Å². The van der Waals surface area contributed by atoms with Crippen LogP contribution in [0, 0.1) is 5.82 Å². The molecular formula is C15H11BrFN3O. The van der Waals surface area contributed by atoms with E-state index in [0.717, 1.165) is 15.5 Å². The minimum Gasteiger partial charge on any atom is -0.345 e. The Labute approximate surface area is 128 Å². The van der Waals surface area contributed by atoms with Crippen LogP contribution >= 0.6 is 15.9 Å². The Hall–Kier alpha value is -2.21. The molecule has 0 radical (unpaired) electrons. The van der Waals surface area contributed by atoms with Gasteiger partial charge in [0.15, 0.2) is 0 Å². The Balaban J connectivity index is 1.75. The number of carbonyl (C=O) groups is 1. The molecule has 1 aromatic heterocycles. The number of amides is 1. The Kier molecular flexibility index (Phi) is 3.70. The number of hydrogen-bond acceptors (Lipinski definition) is 2. The highest BCUT2D eigenvalue weighted by Crippen LogP contribution is 2.18. The summed E-state index contributed by atoms with van der Waals surface area (Å²) in [4.78, 5) is 19.1. The fraction of sp³-hybridized carbons (Fsp3) is 0.0667. The van der Waals surface area contributed by atoms with Crippen LogP contribution in [-0.2, 0) is 11.2 Å². The molecule has 0 aliphatic heterocycles. The number of rotatable bonds is 3. The second-order valence-electron chi connectivity index (χ2n) is 4.60. The van der Waals surface area contributed by atoms with Gasteiger partial charge in [0, 0.05) is 10.2 Å². The number of aromatic amines is 1. The Bertz CT molecular complexity index is 816. The van der Waals surface area contributed by atoms with Crippen molar-refractivity contribution in [3.63, 3.8) is 0 Å². The van der Waals surface area contributed by atoms with Crippen molar-refractivity contribution < 1.29 is 9.18 Å². The van der Waals surface area contributed by atoms with Crippen molar-refractivity contribution in [2.45, 2.75) is 6.42 Å². The fourth-order valence-corrected chi connectivity index (χ4v) is 2.48. The molecular weight excluding hydrogens is 337 g/mol. The quantitative estimate of drug-likeness (QED) is 0.759. The predicted molar refractivity (Wildman–Crippen MR) is 82.5 cm³/mol. The number of imidazole rings is 1. The Morgan fingerprint density at radius 2 is 2.14 bits per heavy atom. The summed E-state index contributed by atoms with van der Waals surface area (Å²) in [6.07, 6.45) is 1.57. The summed E-state index contributed by atoms with van der Waals surface area (Å²) in [6.45, 7) is 0. The van der Waals surface area contributed by atoms with Crippen molar-refractivity contribution in [1.29, 1.82) is 0 Å². The smallest absolute Gasteiger partial charge is 0.228 e. The van der Waals surface area contributed by atoms with Gasteiger partial charge in [0.25, 0.3) is 0 Å². The normalized spacial score (nSPS) is 10.8. The summed E-state index contributed by atoms with van der Waals surface area (Å²) in [7, 11) is 0. The lowest BCUT2D eigenvalue weighted by Gasteiger charge is -2.06. The molecule has 1 heterocycles. The third kappa shape index (κ3) is 3.11. The van der Waals surface area contributed by atoms with Gasteiger partial charge in [-0.15, -0.1) is 0 Å². The average Bonchev–Trinajstić information content (AvgIpc) is 2.90. The zero-order valence-electron chi connectivity index (χ0n) is 10.9. The highest BCUT2D eigenvalue weighted by Gasteiger charge is 2.09. The summed E-state index contributed by atoms with van der Waals surface area (Å²) < 4.78 is 14.4. The van der Waals surface area contributed by atoms with Gasteiger partial charge >= 0.3 is 0 Å². The molecule has 2 N–H and O–H groups in total. The first-order valence-electron chi connectivity index (χ1n) is 6.29. The van der Waals surface area contributed by atoms with Crippen LogP contribution in [0.2, 0.25) is 0 Å². The first-order chi connectivity index (χ1) is 10.1. The van der Waals surface area contributed by atoms with Crippen molar-refractivity contribution in [2.75, 3.05) is 5.32 Å². The molecule has 6 heteroatoms. The van der Waals surface area contributed by atoms with E-state index in [1.165, 1.54) is 6.07 Å². The molecule has 0 bridgehead atoms. The van der Waals surface area contributed by atoms with Crippen LogP contribution in [0.25, 0.3) is 11.0 Å². The van der Waals surface area contributed by atoms with Crippen LogP contribution in [0.5, 0.6) is 0 Å². The number of nitrogens with one attached hydrogen (secondary N) is 2. The zero-order chi connectivity index (χ0) is 14.8. The molecule has 0 spiro atoms. The number of carbonyl (C=O) groups excluding carboxylic acids is 1. The maximum absolute atomic E-state index is 13.6. The number of fused-ring (bicyclic) bond motifs is 1.